The molecular weight excluding hydrogens is 347 g/mol. The molecule has 1 aliphatic carbocycles. The topological polar surface area (TPSA) is 82.4 Å². The number of nitrogens with one attached hydrogen (secondary N) is 1. The summed E-state index contributed by atoms with van der Waals surface area (Å²) in [4.78, 5) is 12.3. The summed E-state index contributed by atoms with van der Waals surface area (Å²) in [5, 5.41) is 22.1. The van der Waals surface area contributed by atoms with Gasteiger partial charge in [-0.3, -0.25) is 4.79 Å². The lowest BCUT2D eigenvalue weighted by Gasteiger charge is -2.11. The fourth-order valence-electron chi connectivity index (χ4n) is 3.07. The normalized spacial score (nSPS) is 15.0. The number of hydrogen-bond donors (Lipinski definition) is 2. The third-order valence-corrected chi connectivity index (χ3v) is 4.50. The number of nitriles is 1. The first-order valence-electron chi connectivity index (χ1n) is 8.75. The predicted octanol–water partition coefficient (Wildman–Crippen LogP) is 5.08. The number of rotatable bonds is 5. The van der Waals surface area contributed by atoms with Crippen molar-refractivity contribution in [1.29, 1.82) is 5.26 Å². The van der Waals surface area contributed by atoms with Gasteiger partial charge in [0, 0.05) is 11.6 Å². The molecule has 2 N–H and O–H groups in total. The minimum atomic E-state index is -0.630. The van der Waals surface area contributed by atoms with Crippen LogP contribution in [0.1, 0.15) is 25.7 Å². The lowest BCUT2D eigenvalue weighted by molar-refractivity contribution is -0.112. The van der Waals surface area contributed by atoms with E-state index in [0.29, 0.717) is 17.2 Å². The summed E-state index contributed by atoms with van der Waals surface area (Å²) in [7, 11) is 0. The Morgan fingerprint density at radius 1 is 1.07 bits per heavy atom. The first kappa shape index (κ1) is 18.5. The Labute approximate surface area is 156 Å². The van der Waals surface area contributed by atoms with Gasteiger partial charge in [0.2, 0.25) is 0 Å². The van der Waals surface area contributed by atoms with Crippen LogP contribution in [0.4, 0.5) is 10.1 Å². The highest BCUT2D eigenvalue weighted by Gasteiger charge is 2.25. The van der Waals surface area contributed by atoms with Gasteiger partial charge in [0.25, 0.3) is 5.91 Å². The number of allylic oxidation sites excluding steroid dienone is 1. The molecule has 1 aliphatic rings. The van der Waals surface area contributed by atoms with E-state index < -0.39 is 5.91 Å². The van der Waals surface area contributed by atoms with Gasteiger partial charge in [0.05, 0.1) is 0 Å². The Balaban J connectivity index is 1.66. The van der Waals surface area contributed by atoms with Crippen molar-refractivity contribution in [3.05, 3.63) is 65.7 Å². The van der Waals surface area contributed by atoms with Gasteiger partial charge in [-0.2, -0.15) is 5.26 Å². The Morgan fingerprint density at radius 2 is 1.63 bits per heavy atom. The molecule has 2 aromatic rings. The van der Waals surface area contributed by atoms with Crippen molar-refractivity contribution < 1.29 is 19.0 Å². The van der Waals surface area contributed by atoms with Crippen molar-refractivity contribution in [2.45, 2.75) is 25.7 Å². The number of hydrogen-bond acceptors (Lipinski definition) is 4. The SMILES string of the molecule is N#C/C(C(=O)Nc1ccc(Oc2ccc(F)cc2)cc1)=C(/O)C1CCCC1. The van der Waals surface area contributed by atoms with Crippen LogP contribution >= 0.6 is 0 Å². The average Bonchev–Trinajstić information content (AvgIpc) is 3.20. The number of aliphatic hydroxyl groups excluding tert-OH is 1. The molecule has 0 aliphatic heterocycles. The summed E-state index contributed by atoms with van der Waals surface area (Å²) < 4.78 is 18.5. The van der Waals surface area contributed by atoms with E-state index >= 15 is 0 Å². The molecule has 1 amide bonds. The molecule has 0 radical (unpaired) electrons. The first-order chi connectivity index (χ1) is 13.1. The Kier molecular flexibility index (Phi) is 5.72. The van der Waals surface area contributed by atoms with Gasteiger partial charge in [-0.1, -0.05) is 12.8 Å². The molecule has 0 heterocycles. The molecule has 0 spiro atoms. The molecule has 0 bridgehead atoms. The number of carbonyl (C=O) groups excluding carboxylic acids is 1. The molecular formula is C21H19FN2O3. The van der Waals surface area contributed by atoms with Crippen LogP contribution in [0.3, 0.4) is 0 Å². The molecule has 0 saturated heterocycles. The molecule has 3 rings (SSSR count). The zero-order chi connectivity index (χ0) is 19.2. The summed E-state index contributed by atoms with van der Waals surface area (Å²) in [5.41, 5.74) is 0.229. The maximum absolute atomic E-state index is 12.9. The number of nitrogens with zero attached hydrogens (tertiary/aromatic N) is 1. The lowest BCUT2D eigenvalue weighted by Crippen LogP contribution is -2.17. The summed E-state index contributed by atoms with van der Waals surface area (Å²) in [6.45, 7) is 0. The van der Waals surface area contributed by atoms with Crippen LogP contribution in [-0.2, 0) is 4.79 Å². The molecule has 27 heavy (non-hydrogen) atoms. The van der Waals surface area contributed by atoms with Gasteiger partial charge in [0.1, 0.15) is 29.1 Å². The maximum Gasteiger partial charge on any atom is 0.269 e. The van der Waals surface area contributed by atoms with Crippen molar-refractivity contribution in [1.82, 2.24) is 0 Å². The van der Waals surface area contributed by atoms with E-state index in [1.807, 2.05) is 6.07 Å². The largest absolute Gasteiger partial charge is 0.510 e. The number of carbonyl (C=O) groups is 1. The minimum absolute atomic E-state index is 0.114. The van der Waals surface area contributed by atoms with Crippen LogP contribution in [0, 0.1) is 23.1 Å². The van der Waals surface area contributed by atoms with Gasteiger partial charge < -0.3 is 15.2 Å². The summed E-state index contributed by atoms with van der Waals surface area (Å²) >= 11 is 0. The number of amides is 1. The second kappa shape index (κ2) is 8.37. The number of aliphatic hydroxyl groups is 1. The van der Waals surface area contributed by atoms with Gasteiger partial charge in [-0.05, 0) is 61.4 Å². The minimum Gasteiger partial charge on any atom is -0.510 e. The van der Waals surface area contributed by atoms with E-state index in [1.165, 1.54) is 24.3 Å². The molecule has 6 heteroatoms. The van der Waals surface area contributed by atoms with Crippen molar-refractivity contribution in [3.63, 3.8) is 0 Å². The monoisotopic (exact) mass is 366 g/mol. The fourth-order valence-corrected chi connectivity index (χ4v) is 3.07. The van der Waals surface area contributed by atoms with Crippen LogP contribution in [-0.4, -0.2) is 11.0 Å². The molecule has 1 fully saturated rings. The van der Waals surface area contributed by atoms with E-state index in [2.05, 4.69) is 5.32 Å². The summed E-state index contributed by atoms with van der Waals surface area (Å²) in [6.07, 6.45) is 3.56. The third kappa shape index (κ3) is 4.64. The van der Waals surface area contributed by atoms with Gasteiger partial charge in [0.15, 0.2) is 5.57 Å². The van der Waals surface area contributed by atoms with Crippen LogP contribution in [0.15, 0.2) is 59.9 Å². The highest BCUT2D eigenvalue weighted by Crippen LogP contribution is 2.31. The average molecular weight is 366 g/mol. The molecule has 1 saturated carbocycles. The smallest absolute Gasteiger partial charge is 0.269 e. The van der Waals surface area contributed by atoms with E-state index in [9.17, 15) is 19.6 Å². The third-order valence-electron chi connectivity index (χ3n) is 4.50. The zero-order valence-corrected chi connectivity index (χ0v) is 14.6. The molecule has 0 atom stereocenters. The van der Waals surface area contributed by atoms with Crippen molar-refractivity contribution in [2.24, 2.45) is 5.92 Å². The molecule has 138 valence electrons. The zero-order valence-electron chi connectivity index (χ0n) is 14.6. The van der Waals surface area contributed by atoms with E-state index in [0.717, 1.165) is 25.7 Å². The van der Waals surface area contributed by atoms with E-state index in [1.54, 1.807) is 24.3 Å². The summed E-state index contributed by atoms with van der Waals surface area (Å²) in [6, 6.07) is 14.0. The van der Waals surface area contributed by atoms with Crippen LogP contribution < -0.4 is 10.1 Å². The number of benzene rings is 2. The maximum atomic E-state index is 12.9. The lowest BCUT2D eigenvalue weighted by atomic mass is 10.0. The second-order valence-corrected chi connectivity index (χ2v) is 6.39. The van der Waals surface area contributed by atoms with E-state index in [4.69, 9.17) is 4.74 Å². The summed E-state index contributed by atoms with van der Waals surface area (Å²) in [5.74, 6) is -0.203. The number of ether oxygens (including phenoxy) is 1. The van der Waals surface area contributed by atoms with Gasteiger partial charge in [-0.15, -0.1) is 0 Å². The highest BCUT2D eigenvalue weighted by atomic mass is 19.1. The van der Waals surface area contributed by atoms with Crippen molar-refractivity contribution in [3.8, 4) is 17.6 Å². The highest BCUT2D eigenvalue weighted by molar-refractivity contribution is 6.06. The fraction of sp³-hybridized carbons (Fsp3) is 0.238. The Morgan fingerprint density at radius 3 is 2.19 bits per heavy atom. The Bertz CT molecular complexity index is 877. The van der Waals surface area contributed by atoms with Crippen molar-refractivity contribution in [2.75, 3.05) is 5.32 Å². The number of anilines is 1. The van der Waals surface area contributed by atoms with Crippen LogP contribution in [0.25, 0.3) is 0 Å². The molecule has 5 nitrogen and oxygen atoms in total. The quantitative estimate of drug-likeness (QED) is 0.439. The standard InChI is InChI=1S/C21H19FN2O3/c22-15-5-9-17(10-6-15)27-18-11-7-16(8-12-18)24-21(26)19(13-23)20(25)14-3-1-2-4-14/h5-12,14,25H,1-4H2,(H,24,26)/b20-19-. The molecule has 2 aromatic carbocycles. The Hall–Kier alpha value is -3.33. The predicted molar refractivity (Wildman–Crippen MR) is 98.8 cm³/mol. The van der Waals surface area contributed by atoms with Gasteiger partial charge >= 0.3 is 0 Å². The molecule has 0 aromatic heterocycles. The number of halogens is 1. The van der Waals surface area contributed by atoms with Crippen LogP contribution in [0.2, 0.25) is 0 Å². The first-order valence-corrected chi connectivity index (χ1v) is 8.75. The second-order valence-electron chi connectivity index (χ2n) is 6.39. The van der Waals surface area contributed by atoms with Gasteiger partial charge in [-0.25, -0.2) is 4.39 Å². The van der Waals surface area contributed by atoms with Crippen molar-refractivity contribution >= 4 is 11.6 Å². The van der Waals surface area contributed by atoms with E-state index in [-0.39, 0.29) is 23.1 Å². The van der Waals surface area contributed by atoms with Crippen LogP contribution in [0.5, 0.6) is 11.5 Å². The molecule has 0 unspecified atom stereocenters.